The molecule has 1 aliphatic carbocycles. The molecule has 0 spiro atoms. The minimum absolute atomic E-state index is 0.0475. The van der Waals surface area contributed by atoms with Gasteiger partial charge in [0.2, 0.25) is 5.91 Å². The van der Waals surface area contributed by atoms with Crippen LogP contribution in [0, 0.1) is 13.8 Å². The van der Waals surface area contributed by atoms with Gasteiger partial charge in [-0.15, -0.1) is 11.3 Å². The molecule has 31 heavy (non-hydrogen) atoms. The van der Waals surface area contributed by atoms with Crippen LogP contribution in [-0.4, -0.2) is 34.3 Å². The zero-order chi connectivity index (χ0) is 22.2. The third-order valence-corrected chi connectivity index (χ3v) is 7.12. The molecule has 2 amide bonds. The quantitative estimate of drug-likeness (QED) is 0.492. The topological polar surface area (TPSA) is 62.3 Å². The second-order valence-electron chi connectivity index (χ2n) is 8.59. The largest absolute Gasteiger partial charge is 0.326 e. The fourth-order valence-corrected chi connectivity index (χ4v) is 4.99. The molecule has 3 rings (SSSR count). The molecule has 0 aliphatic heterocycles. The summed E-state index contributed by atoms with van der Waals surface area (Å²) in [6.45, 7) is 6.20. The molecule has 6 heteroatoms. The molecule has 1 heterocycles. The molecule has 1 fully saturated rings. The first-order chi connectivity index (χ1) is 15.0. The number of aryl methyl sites for hydroxylation is 3. The monoisotopic (exact) mass is 441 g/mol. The van der Waals surface area contributed by atoms with E-state index in [-0.39, 0.29) is 24.4 Å². The van der Waals surface area contributed by atoms with Crippen LogP contribution in [-0.2, 0) is 11.2 Å². The Hall–Kier alpha value is -2.21. The molecule has 1 saturated carbocycles. The van der Waals surface area contributed by atoms with Gasteiger partial charge in [0.1, 0.15) is 6.54 Å². The van der Waals surface area contributed by atoms with Gasteiger partial charge in [-0.2, -0.15) is 0 Å². The van der Waals surface area contributed by atoms with Crippen LogP contribution in [0.3, 0.4) is 0 Å². The number of thiazole rings is 1. The van der Waals surface area contributed by atoms with Crippen LogP contribution in [0.4, 0.5) is 5.13 Å². The van der Waals surface area contributed by atoms with Gasteiger partial charge in [-0.25, -0.2) is 4.98 Å². The van der Waals surface area contributed by atoms with Crippen molar-refractivity contribution < 1.29 is 9.59 Å². The Balaban J connectivity index is 1.70. The summed E-state index contributed by atoms with van der Waals surface area (Å²) in [5.41, 5.74) is 2.86. The second kappa shape index (κ2) is 11.4. The van der Waals surface area contributed by atoms with Crippen LogP contribution < -0.4 is 5.32 Å². The lowest BCUT2D eigenvalue weighted by Crippen LogP contribution is -2.45. The normalized spacial score (nSPS) is 14.4. The van der Waals surface area contributed by atoms with Crippen LogP contribution in [0.2, 0.25) is 0 Å². The van der Waals surface area contributed by atoms with Crippen molar-refractivity contribution in [2.75, 3.05) is 11.9 Å². The molecule has 1 aliphatic rings. The average molecular weight is 442 g/mol. The average Bonchev–Trinajstić information content (AvgIpc) is 3.09. The van der Waals surface area contributed by atoms with Crippen LogP contribution in [0.5, 0.6) is 0 Å². The first-order valence-corrected chi connectivity index (χ1v) is 12.4. The van der Waals surface area contributed by atoms with Crippen molar-refractivity contribution in [2.45, 2.75) is 84.6 Å². The van der Waals surface area contributed by atoms with E-state index in [1.54, 1.807) is 4.90 Å². The Labute approximate surface area is 190 Å². The first-order valence-electron chi connectivity index (χ1n) is 11.6. The summed E-state index contributed by atoms with van der Waals surface area (Å²) in [7, 11) is 0. The predicted octanol–water partition coefficient (Wildman–Crippen LogP) is 5.91. The zero-order valence-electron chi connectivity index (χ0n) is 19.1. The lowest BCUT2D eigenvalue weighted by Gasteiger charge is -2.34. The zero-order valence-corrected chi connectivity index (χ0v) is 19.9. The van der Waals surface area contributed by atoms with Crippen LogP contribution in [0.25, 0.3) is 0 Å². The number of nitrogens with zero attached hydrogens (tertiary/aromatic N) is 2. The number of carbonyl (C=O) groups is 2. The van der Waals surface area contributed by atoms with E-state index in [0.717, 1.165) is 42.7 Å². The van der Waals surface area contributed by atoms with Crippen molar-refractivity contribution in [3.8, 4) is 0 Å². The number of unbranched alkanes of at least 4 members (excludes halogenated alkanes) is 2. The highest BCUT2D eigenvalue weighted by Crippen LogP contribution is 2.25. The highest BCUT2D eigenvalue weighted by atomic mass is 32.1. The van der Waals surface area contributed by atoms with Crippen LogP contribution in [0.1, 0.15) is 84.8 Å². The highest BCUT2D eigenvalue weighted by molar-refractivity contribution is 7.15. The second-order valence-corrected chi connectivity index (χ2v) is 9.79. The smallest absolute Gasteiger partial charge is 0.254 e. The van der Waals surface area contributed by atoms with Gasteiger partial charge in [0.05, 0.1) is 5.69 Å². The molecule has 5 nitrogen and oxygen atoms in total. The van der Waals surface area contributed by atoms with Gasteiger partial charge in [0.25, 0.3) is 5.91 Å². The van der Waals surface area contributed by atoms with Crippen LogP contribution >= 0.6 is 11.3 Å². The summed E-state index contributed by atoms with van der Waals surface area (Å²) in [4.78, 5) is 33.5. The number of carbonyl (C=O) groups excluding carboxylic acids is 2. The minimum Gasteiger partial charge on any atom is -0.326 e. The predicted molar refractivity (Wildman–Crippen MR) is 128 cm³/mol. The molecular formula is C25H35N3O2S. The number of amides is 2. The molecule has 2 aromatic rings. The molecule has 0 saturated heterocycles. The van der Waals surface area contributed by atoms with Gasteiger partial charge < -0.3 is 10.2 Å². The molecule has 168 valence electrons. The summed E-state index contributed by atoms with van der Waals surface area (Å²) in [6, 6.07) is 8.08. The summed E-state index contributed by atoms with van der Waals surface area (Å²) < 4.78 is 0. The maximum absolute atomic E-state index is 13.4. The molecule has 0 atom stereocenters. The van der Waals surface area contributed by atoms with E-state index in [9.17, 15) is 9.59 Å². The van der Waals surface area contributed by atoms with Crippen molar-refractivity contribution in [3.05, 3.63) is 46.0 Å². The molecule has 1 aromatic heterocycles. The minimum atomic E-state index is -0.177. The summed E-state index contributed by atoms with van der Waals surface area (Å²) in [6.07, 6.45) is 9.99. The Morgan fingerprint density at radius 1 is 1.10 bits per heavy atom. The third-order valence-electron chi connectivity index (χ3n) is 6.14. The summed E-state index contributed by atoms with van der Waals surface area (Å²) >= 11 is 1.47. The van der Waals surface area contributed by atoms with E-state index >= 15 is 0 Å². The lowest BCUT2D eigenvalue weighted by atomic mass is 9.93. The maximum Gasteiger partial charge on any atom is 0.254 e. The summed E-state index contributed by atoms with van der Waals surface area (Å²) in [5.74, 6) is -0.225. The third kappa shape index (κ3) is 6.63. The van der Waals surface area contributed by atoms with Crippen molar-refractivity contribution in [1.82, 2.24) is 9.88 Å². The molecule has 0 radical (unpaired) electrons. The van der Waals surface area contributed by atoms with E-state index in [2.05, 4.69) is 29.4 Å². The van der Waals surface area contributed by atoms with Gasteiger partial charge in [-0.3, -0.25) is 9.59 Å². The maximum atomic E-state index is 13.4. The molecular weight excluding hydrogens is 406 g/mol. The van der Waals surface area contributed by atoms with Crippen LogP contribution in [0.15, 0.2) is 24.3 Å². The Kier molecular flexibility index (Phi) is 8.64. The van der Waals surface area contributed by atoms with Crippen molar-refractivity contribution >= 4 is 28.3 Å². The van der Waals surface area contributed by atoms with Crippen molar-refractivity contribution in [2.24, 2.45) is 0 Å². The fourth-order valence-electron chi connectivity index (χ4n) is 4.16. The fraction of sp³-hybridized carbons (Fsp3) is 0.560. The van der Waals surface area contributed by atoms with Gasteiger partial charge >= 0.3 is 0 Å². The number of hydrogen-bond donors (Lipinski definition) is 1. The number of benzene rings is 1. The van der Waals surface area contributed by atoms with Gasteiger partial charge in [0.15, 0.2) is 5.13 Å². The van der Waals surface area contributed by atoms with E-state index in [1.165, 1.54) is 42.6 Å². The number of rotatable bonds is 9. The Morgan fingerprint density at radius 2 is 1.81 bits per heavy atom. The highest BCUT2D eigenvalue weighted by Gasteiger charge is 2.28. The SMILES string of the molecule is CCCCCc1ccc(C(=O)N(CC(=O)Nc2nc(C)c(C)s2)C2CCCCC2)cc1. The van der Waals surface area contributed by atoms with E-state index in [0.29, 0.717) is 10.7 Å². The Morgan fingerprint density at radius 3 is 2.42 bits per heavy atom. The van der Waals surface area contributed by atoms with Gasteiger partial charge in [-0.05, 0) is 57.2 Å². The molecule has 0 unspecified atom stereocenters. The standard InChI is InChI=1S/C25H35N3O2S/c1-4-5-7-10-20-13-15-21(16-14-20)24(30)28(22-11-8-6-9-12-22)17-23(29)27-25-26-18(2)19(3)31-25/h13-16,22H,4-12,17H2,1-3H3,(H,26,27,29). The molecule has 1 aromatic carbocycles. The number of hydrogen-bond acceptors (Lipinski definition) is 4. The van der Waals surface area contributed by atoms with Crippen molar-refractivity contribution in [3.63, 3.8) is 0 Å². The lowest BCUT2D eigenvalue weighted by molar-refractivity contribution is -0.117. The number of anilines is 1. The Bertz CT molecular complexity index is 850. The first kappa shape index (κ1) is 23.5. The number of aromatic nitrogens is 1. The van der Waals surface area contributed by atoms with Gasteiger partial charge in [0, 0.05) is 16.5 Å². The summed E-state index contributed by atoms with van der Waals surface area (Å²) in [5, 5.41) is 3.50. The number of nitrogens with one attached hydrogen (secondary N) is 1. The van der Waals surface area contributed by atoms with E-state index in [1.807, 2.05) is 26.0 Å². The molecule has 0 bridgehead atoms. The van der Waals surface area contributed by atoms with E-state index in [4.69, 9.17) is 0 Å². The molecule has 1 N–H and O–H groups in total. The van der Waals surface area contributed by atoms with Gasteiger partial charge in [-0.1, -0.05) is 51.2 Å². The van der Waals surface area contributed by atoms with E-state index < -0.39 is 0 Å². The van der Waals surface area contributed by atoms with Crippen molar-refractivity contribution in [1.29, 1.82) is 0 Å².